The maximum Gasteiger partial charge on any atom is 0.233 e. The van der Waals surface area contributed by atoms with Crippen LogP contribution in [-0.2, 0) is 4.79 Å². The molecule has 1 unspecified atom stereocenters. The first-order valence-electron chi connectivity index (χ1n) is 6.84. The first-order chi connectivity index (χ1) is 10.2. The van der Waals surface area contributed by atoms with Crippen molar-refractivity contribution in [3.8, 4) is 5.69 Å². The zero-order valence-corrected chi connectivity index (χ0v) is 13.8. The lowest BCUT2D eigenvalue weighted by atomic mass is 10.2. The zero-order valence-electron chi connectivity index (χ0n) is 11.3. The first-order valence-corrected chi connectivity index (χ1v) is 8.94. The molecule has 0 aliphatic carbocycles. The van der Waals surface area contributed by atoms with E-state index in [1.165, 1.54) is 23.1 Å². The monoisotopic (exact) mass is 337 g/mol. The van der Waals surface area contributed by atoms with Gasteiger partial charge >= 0.3 is 0 Å². The van der Waals surface area contributed by atoms with Gasteiger partial charge < -0.3 is 5.32 Å². The van der Waals surface area contributed by atoms with E-state index in [2.05, 4.69) is 10.4 Å². The fourth-order valence-electron chi connectivity index (χ4n) is 2.19. The lowest BCUT2D eigenvalue weighted by Gasteiger charge is -2.09. The van der Waals surface area contributed by atoms with Crippen molar-refractivity contribution in [2.45, 2.75) is 28.9 Å². The molecule has 0 spiro atoms. The van der Waals surface area contributed by atoms with Crippen LogP contribution in [0.5, 0.6) is 0 Å². The van der Waals surface area contributed by atoms with Gasteiger partial charge in [0.1, 0.15) is 0 Å². The third-order valence-electron chi connectivity index (χ3n) is 3.26. The van der Waals surface area contributed by atoms with Gasteiger partial charge in [0.2, 0.25) is 5.91 Å². The van der Waals surface area contributed by atoms with Crippen molar-refractivity contribution in [1.29, 1.82) is 0 Å². The Balaban J connectivity index is 1.81. The minimum Gasteiger partial charge on any atom is -0.355 e. The summed E-state index contributed by atoms with van der Waals surface area (Å²) in [7, 11) is 0. The van der Waals surface area contributed by atoms with Crippen molar-refractivity contribution in [2.75, 3.05) is 6.54 Å². The highest BCUT2D eigenvalue weighted by Gasteiger charge is 2.23. The Morgan fingerprint density at radius 2 is 2.14 bits per heavy atom. The number of carbonyl (C=O) groups is 1. The lowest BCUT2D eigenvalue weighted by molar-refractivity contribution is -0.120. The molecule has 1 atom stereocenters. The minimum atomic E-state index is -0.0581. The molecule has 1 aliphatic rings. The van der Waals surface area contributed by atoms with E-state index in [0.29, 0.717) is 3.95 Å². The van der Waals surface area contributed by atoms with Gasteiger partial charge in [-0.25, -0.2) is 4.68 Å². The maximum absolute atomic E-state index is 12.0. The average molecular weight is 337 g/mol. The maximum atomic E-state index is 12.0. The number of benzene rings is 1. The number of amides is 1. The van der Waals surface area contributed by atoms with E-state index < -0.39 is 0 Å². The normalized spacial score (nSPS) is 19.0. The Bertz CT molecular complexity index is 680. The molecule has 1 amide bonds. The number of nitrogens with one attached hydrogen (secondary N) is 1. The summed E-state index contributed by atoms with van der Waals surface area (Å²) in [5, 5.41) is 7.45. The second-order valence-corrected chi connectivity index (χ2v) is 7.85. The van der Waals surface area contributed by atoms with E-state index in [4.69, 9.17) is 12.2 Å². The fraction of sp³-hybridized carbons (Fsp3) is 0.357. The van der Waals surface area contributed by atoms with E-state index in [0.717, 1.165) is 35.8 Å². The number of carbonyl (C=O) groups excluding carboxylic acids is 1. The largest absolute Gasteiger partial charge is 0.355 e. The van der Waals surface area contributed by atoms with Gasteiger partial charge in [0.25, 0.3) is 0 Å². The number of nitrogens with zero attached hydrogens (tertiary/aromatic N) is 2. The molecule has 1 aliphatic heterocycles. The third kappa shape index (κ3) is 3.53. The van der Waals surface area contributed by atoms with Crippen LogP contribution in [0.4, 0.5) is 0 Å². The topological polar surface area (TPSA) is 46.9 Å². The summed E-state index contributed by atoms with van der Waals surface area (Å²) < 4.78 is 3.32. The standard InChI is InChI=1S/C14H15N3OS3/c18-12-11(8-4-5-9-15-12)20-13-16-17(14(19)21-13)10-6-2-1-3-7-10/h1-3,6-7,11H,4-5,8-9H2,(H,15,18). The summed E-state index contributed by atoms with van der Waals surface area (Å²) in [6.07, 6.45) is 3.02. The molecule has 1 N–H and O–H groups in total. The molecular weight excluding hydrogens is 322 g/mol. The summed E-state index contributed by atoms with van der Waals surface area (Å²) in [6, 6.07) is 9.83. The molecule has 110 valence electrons. The Morgan fingerprint density at radius 3 is 2.95 bits per heavy atom. The molecule has 4 nitrogen and oxygen atoms in total. The molecule has 1 fully saturated rings. The fourth-order valence-corrected chi connectivity index (χ4v) is 4.86. The lowest BCUT2D eigenvalue weighted by Crippen LogP contribution is -2.30. The summed E-state index contributed by atoms with van der Waals surface area (Å²) >= 11 is 8.37. The van der Waals surface area contributed by atoms with Crippen molar-refractivity contribution in [3.05, 3.63) is 34.3 Å². The van der Waals surface area contributed by atoms with Crippen molar-refractivity contribution in [1.82, 2.24) is 15.1 Å². The number of hydrogen-bond donors (Lipinski definition) is 1. The van der Waals surface area contributed by atoms with Gasteiger partial charge in [-0.05, 0) is 37.2 Å². The number of para-hydroxylation sites is 1. The Morgan fingerprint density at radius 1 is 1.33 bits per heavy atom. The molecule has 0 bridgehead atoms. The SMILES string of the molecule is O=C1NCCCCC1Sc1nn(-c2ccccc2)c(=S)s1. The summed E-state index contributed by atoms with van der Waals surface area (Å²) in [5.41, 5.74) is 0.955. The molecule has 0 radical (unpaired) electrons. The quantitative estimate of drug-likeness (QED) is 0.872. The first kappa shape index (κ1) is 14.7. The molecule has 1 saturated heterocycles. The summed E-state index contributed by atoms with van der Waals surface area (Å²) in [4.78, 5) is 12.0. The zero-order chi connectivity index (χ0) is 14.7. The number of rotatable bonds is 3. The van der Waals surface area contributed by atoms with E-state index in [-0.39, 0.29) is 11.2 Å². The number of aromatic nitrogens is 2. The van der Waals surface area contributed by atoms with E-state index >= 15 is 0 Å². The highest BCUT2D eigenvalue weighted by atomic mass is 32.2. The molecule has 2 heterocycles. The van der Waals surface area contributed by atoms with Crippen LogP contribution in [0.2, 0.25) is 0 Å². The predicted molar refractivity (Wildman–Crippen MR) is 88.8 cm³/mol. The van der Waals surface area contributed by atoms with Crippen LogP contribution in [0.1, 0.15) is 19.3 Å². The van der Waals surface area contributed by atoms with Crippen molar-refractivity contribution in [3.63, 3.8) is 0 Å². The van der Waals surface area contributed by atoms with Crippen LogP contribution >= 0.6 is 35.3 Å². The Kier molecular flexibility index (Phi) is 4.72. The third-order valence-corrected chi connectivity index (χ3v) is 5.84. The van der Waals surface area contributed by atoms with E-state index in [1.54, 1.807) is 4.68 Å². The second kappa shape index (κ2) is 6.72. The van der Waals surface area contributed by atoms with Gasteiger partial charge in [-0.3, -0.25) is 4.79 Å². The van der Waals surface area contributed by atoms with Gasteiger partial charge in [-0.1, -0.05) is 47.7 Å². The van der Waals surface area contributed by atoms with Crippen LogP contribution in [0.3, 0.4) is 0 Å². The van der Waals surface area contributed by atoms with Crippen LogP contribution in [0, 0.1) is 3.95 Å². The van der Waals surface area contributed by atoms with Crippen molar-refractivity contribution < 1.29 is 4.79 Å². The number of thioether (sulfide) groups is 1. The second-order valence-electron chi connectivity index (χ2n) is 4.77. The van der Waals surface area contributed by atoms with Crippen LogP contribution in [-0.4, -0.2) is 27.5 Å². The Labute approximate surface area is 136 Å². The van der Waals surface area contributed by atoms with Crippen LogP contribution in [0.25, 0.3) is 5.69 Å². The molecule has 2 aromatic rings. The molecule has 1 aromatic carbocycles. The van der Waals surface area contributed by atoms with Crippen LogP contribution < -0.4 is 5.32 Å². The van der Waals surface area contributed by atoms with E-state index in [1.807, 2.05) is 30.3 Å². The van der Waals surface area contributed by atoms with Gasteiger partial charge in [-0.15, -0.1) is 5.10 Å². The molecular formula is C14H15N3OS3. The molecule has 0 saturated carbocycles. The van der Waals surface area contributed by atoms with E-state index in [9.17, 15) is 4.79 Å². The average Bonchev–Trinajstić information content (AvgIpc) is 2.74. The Hall–Kier alpha value is -1.18. The highest BCUT2D eigenvalue weighted by Crippen LogP contribution is 2.31. The van der Waals surface area contributed by atoms with Gasteiger partial charge in [0.05, 0.1) is 10.9 Å². The molecule has 1 aromatic heterocycles. The van der Waals surface area contributed by atoms with Crippen molar-refractivity contribution in [2.24, 2.45) is 0 Å². The smallest absolute Gasteiger partial charge is 0.233 e. The van der Waals surface area contributed by atoms with Crippen LogP contribution in [0.15, 0.2) is 34.7 Å². The van der Waals surface area contributed by atoms with Gasteiger partial charge in [0.15, 0.2) is 8.29 Å². The summed E-state index contributed by atoms with van der Waals surface area (Å²) in [6.45, 7) is 0.782. The predicted octanol–water partition coefficient (Wildman–Crippen LogP) is 3.42. The molecule has 3 rings (SSSR count). The van der Waals surface area contributed by atoms with Crippen molar-refractivity contribution >= 4 is 41.2 Å². The van der Waals surface area contributed by atoms with Gasteiger partial charge in [-0.2, -0.15) is 0 Å². The number of hydrogen-bond acceptors (Lipinski definition) is 5. The minimum absolute atomic E-state index is 0.0581. The highest BCUT2D eigenvalue weighted by molar-refractivity contribution is 8.02. The summed E-state index contributed by atoms with van der Waals surface area (Å²) in [5.74, 6) is 0.116. The molecule has 21 heavy (non-hydrogen) atoms. The van der Waals surface area contributed by atoms with Gasteiger partial charge in [0, 0.05) is 6.54 Å². The molecule has 7 heteroatoms.